The van der Waals surface area contributed by atoms with Gasteiger partial charge < -0.3 is 109 Å². The predicted molar refractivity (Wildman–Crippen MR) is 275 cm³/mol. The van der Waals surface area contributed by atoms with Crippen molar-refractivity contribution < 1.29 is 131 Å². The Balaban J connectivity index is 0.913. The van der Waals surface area contributed by atoms with E-state index < -0.39 is 204 Å². The number of methoxy groups -OCH3 is 1. The topological polar surface area (TPSA) is 416 Å². The van der Waals surface area contributed by atoms with Gasteiger partial charge in [0, 0.05) is 7.11 Å². The molecular weight excluding hydrogens is 1110 g/mol. The monoisotopic (exact) mass is 1200 g/mol. The van der Waals surface area contributed by atoms with Crippen LogP contribution >= 0.6 is 0 Å². The summed E-state index contributed by atoms with van der Waals surface area (Å²) in [6.45, 7) is 14.5. The molecule has 5 aliphatic heterocycles. The number of hydrogen-bond donors (Lipinski definition) is 13. The molecule has 13 N–H and O–H groups in total. The summed E-state index contributed by atoms with van der Waals surface area (Å²) in [5, 5.41) is 135. The molecule has 5 saturated heterocycles. The molecule has 8 fully saturated rings. The number of aliphatic hydroxyl groups is 12. The number of esters is 1. The highest BCUT2D eigenvalue weighted by Gasteiger charge is 2.85. The summed E-state index contributed by atoms with van der Waals surface area (Å²) in [4.78, 5) is 14.5. The molecule has 27 nitrogen and oxygen atoms in total. The van der Waals surface area contributed by atoms with E-state index in [-0.39, 0.29) is 31.1 Å². The minimum atomic E-state index is -5.20. The van der Waals surface area contributed by atoms with Crippen LogP contribution in [0, 0.1) is 33.5 Å². The molecule has 0 aromatic carbocycles. The van der Waals surface area contributed by atoms with Crippen molar-refractivity contribution >= 4 is 16.4 Å². The number of aliphatic hydroxyl groups excluding tert-OH is 11. The zero-order chi connectivity index (χ0) is 60.4. The number of hydrogen-bond acceptors (Lipinski definition) is 26. The van der Waals surface area contributed by atoms with Crippen LogP contribution < -0.4 is 0 Å². The molecule has 0 amide bonds. The van der Waals surface area contributed by atoms with Gasteiger partial charge in [0.15, 0.2) is 25.2 Å². The smallest absolute Gasteiger partial charge is 0.397 e. The summed E-state index contributed by atoms with van der Waals surface area (Å²) in [5.41, 5.74) is -5.61. The van der Waals surface area contributed by atoms with E-state index in [9.17, 15) is 79.0 Å². The Hall–Kier alpha value is -2.02. The maximum absolute atomic E-state index is 14.5. The standard InChI is InChI=1S/C54H86O27S/c1-22(2)26(57)12-15-52(8)53(67)17-16-51(7)24-10-11-30-49(4,5)32(13-14-50(30,6)25(24)18-31(58)54(51,53)48(66)80-52)76-47-43(35(61)29(21-72-47)81-82(68,69)70)79-44-37(63)36(62)40(23(3)73-44)77-46-39(65)42(34(60)28(20-56)75-46)78-45-38(64)41(71-9)33(59)27(19-55)74-45/h18,23-24,26-47,55-65,67H,1,10-17,19-21H2,2-9H3,(H,68,69,70)/t23-,24-,26+,27-,28-,29-,30+,31+,32+,33-,34-,35+,36-,37-,38-,39-,40-,41+,42+,43-,44+,45+,46+,47+,50-,51+,52+,53+,54-/m1/s1. The maximum Gasteiger partial charge on any atom is 0.397 e. The lowest BCUT2D eigenvalue weighted by molar-refractivity contribution is -0.389. The first kappa shape index (κ1) is 64.5. The number of carbonyl (C=O) groups excluding carboxylic acids is 1. The molecule has 9 rings (SSSR count). The normalized spacial score (nSPS) is 51.5. The fourth-order valence-corrected chi connectivity index (χ4v) is 16.7. The Bertz CT molecular complexity index is 2470. The van der Waals surface area contributed by atoms with E-state index in [4.69, 9.17) is 51.6 Å². The molecule has 28 heteroatoms. The zero-order valence-corrected chi connectivity index (χ0v) is 48.2. The summed E-state index contributed by atoms with van der Waals surface area (Å²) < 4.78 is 97.7. The lowest BCUT2D eigenvalue weighted by atomic mass is 9.40. The fourth-order valence-electron chi connectivity index (χ4n) is 16.2. The molecule has 1 spiro atoms. The summed E-state index contributed by atoms with van der Waals surface area (Å²) in [7, 11) is -4.03. The van der Waals surface area contributed by atoms with E-state index in [1.165, 1.54) is 14.0 Å². The van der Waals surface area contributed by atoms with Crippen LogP contribution in [0.4, 0.5) is 0 Å². The number of carbonyl (C=O) groups is 1. The quantitative estimate of drug-likeness (QED) is 0.0310. The molecule has 470 valence electrons. The van der Waals surface area contributed by atoms with E-state index in [1.807, 2.05) is 20.8 Å². The van der Waals surface area contributed by atoms with Gasteiger partial charge >= 0.3 is 16.4 Å². The van der Waals surface area contributed by atoms with Gasteiger partial charge in [-0.1, -0.05) is 51.5 Å². The van der Waals surface area contributed by atoms with Crippen molar-refractivity contribution in [2.75, 3.05) is 26.9 Å². The zero-order valence-electron chi connectivity index (χ0n) is 47.4. The van der Waals surface area contributed by atoms with E-state index >= 15 is 0 Å². The SMILES string of the molecule is C=C(C)[C@@H](O)CC[C@]1(C)OC(=O)[C@]23[C@@H](O)C=C4[C@@H](CC[C@H]5C(C)(C)[C@@H](O[C@@H]6OC[C@@H](OS(=O)(=O)O)[C@H](O)[C@H]6O[C@@H]6O[C@H](C)[C@@H](O[C@@H]7O[C@H](CO)[C@@H](O)[C@H](O[C@@H]8O[C@H](CO)[C@@H](O)[C@H](OC)[C@H]8O)[C@H]7O)[C@H](O)[C@H]6O)CC[C@]45C)[C@]2(C)CC[C@@]31O. The van der Waals surface area contributed by atoms with Crippen LogP contribution in [-0.4, -0.2) is 253 Å². The largest absolute Gasteiger partial charge is 0.456 e. The van der Waals surface area contributed by atoms with Crippen LogP contribution in [0.2, 0.25) is 0 Å². The van der Waals surface area contributed by atoms with Crippen molar-refractivity contribution in [2.45, 2.75) is 246 Å². The Morgan fingerprint density at radius 2 is 1.33 bits per heavy atom. The minimum absolute atomic E-state index is 0.141. The van der Waals surface area contributed by atoms with Gasteiger partial charge in [-0.15, -0.1) is 0 Å². The van der Waals surface area contributed by atoms with E-state index in [0.29, 0.717) is 37.7 Å². The van der Waals surface area contributed by atoms with Crippen molar-refractivity contribution in [3.05, 3.63) is 23.8 Å². The van der Waals surface area contributed by atoms with Gasteiger partial charge in [0.25, 0.3) is 0 Å². The number of cyclic esters (lactones) is 1. The van der Waals surface area contributed by atoms with Gasteiger partial charge in [-0.05, 0) is 100 Å². The molecule has 82 heavy (non-hydrogen) atoms. The van der Waals surface area contributed by atoms with Crippen molar-refractivity contribution in [1.82, 2.24) is 0 Å². The van der Waals surface area contributed by atoms with Gasteiger partial charge in [-0.2, -0.15) is 8.42 Å². The third kappa shape index (κ3) is 10.3. The molecule has 0 bridgehead atoms. The summed E-state index contributed by atoms with van der Waals surface area (Å²) in [5.74, 6) is -1.06. The molecule has 0 unspecified atom stereocenters. The van der Waals surface area contributed by atoms with E-state index in [2.05, 4.69) is 13.5 Å². The predicted octanol–water partition coefficient (Wildman–Crippen LogP) is -2.50. The lowest BCUT2D eigenvalue weighted by Gasteiger charge is -2.64. The van der Waals surface area contributed by atoms with Crippen LogP contribution in [-0.2, 0) is 66.7 Å². The van der Waals surface area contributed by atoms with Crippen LogP contribution in [0.1, 0.15) is 99.8 Å². The number of fused-ring (bicyclic) bond motifs is 4. The number of allylic oxidation sites excluding steroid dienone is 1. The van der Waals surface area contributed by atoms with Crippen molar-refractivity contribution in [3.8, 4) is 0 Å². The minimum Gasteiger partial charge on any atom is -0.456 e. The molecule has 29 atom stereocenters. The first-order valence-corrected chi connectivity index (χ1v) is 29.6. The lowest BCUT2D eigenvalue weighted by Crippen LogP contribution is -2.68. The highest BCUT2D eigenvalue weighted by Crippen LogP contribution is 2.77. The highest BCUT2D eigenvalue weighted by atomic mass is 32.3. The molecular formula is C54H86O27S. The fraction of sp³-hybridized carbons (Fsp3) is 0.907. The molecule has 3 saturated carbocycles. The molecule has 0 aromatic heterocycles. The second-order valence-corrected chi connectivity index (χ2v) is 26.7. The van der Waals surface area contributed by atoms with Gasteiger partial charge in [0.2, 0.25) is 0 Å². The Morgan fingerprint density at radius 1 is 0.744 bits per heavy atom. The molecule has 0 aromatic rings. The van der Waals surface area contributed by atoms with Gasteiger partial charge in [-0.3, -0.25) is 9.35 Å². The molecule has 0 radical (unpaired) electrons. The first-order valence-electron chi connectivity index (χ1n) is 28.3. The van der Waals surface area contributed by atoms with Gasteiger partial charge in [0.05, 0.1) is 44.2 Å². The van der Waals surface area contributed by atoms with E-state index in [0.717, 1.165) is 5.57 Å². The van der Waals surface area contributed by atoms with Gasteiger partial charge in [-0.25, -0.2) is 4.18 Å². The number of rotatable bonds is 17. The third-order valence-electron chi connectivity index (χ3n) is 20.8. The van der Waals surface area contributed by atoms with Crippen LogP contribution in [0.3, 0.4) is 0 Å². The van der Waals surface area contributed by atoms with Crippen molar-refractivity contribution in [1.29, 1.82) is 0 Å². The molecule has 4 aliphatic carbocycles. The second kappa shape index (κ2) is 23.2. The summed E-state index contributed by atoms with van der Waals surface area (Å²) >= 11 is 0. The Labute approximate surface area is 475 Å². The summed E-state index contributed by atoms with van der Waals surface area (Å²) in [6.07, 6.45) is -30.7. The van der Waals surface area contributed by atoms with Crippen LogP contribution in [0.15, 0.2) is 23.8 Å². The van der Waals surface area contributed by atoms with Crippen LogP contribution in [0.25, 0.3) is 0 Å². The highest BCUT2D eigenvalue weighted by molar-refractivity contribution is 7.80. The Morgan fingerprint density at radius 3 is 1.93 bits per heavy atom. The maximum atomic E-state index is 14.5. The Kier molecular flexibility index (Phi) is 18.2. The number of ether oxygens (including phenoxy) is 10. The summed E-state index contributed by atoms with van der Waals surface area (Å²) in [6, 6.07) is 0. The third-order valence-corrected chi connectivity index (χ3v) is 21.3. The van der Waals surface area contributed by atoms with Gasteiger partial charge in [0.1, 0.15) is 102 Å². The second-order valence-electron chi connectivity index (χ2n) is 25.6. The average molecular weight is 1200 g/mol. The molecule has 9 aliphatic rings. The van der Waals surface area contributed by atoms with E-state index in [1.54, 1.807) is 19.9 Å². The molecule has 5 heterocycles. The first-order chi connectivity index (χ1) is 38.2. The average Bonchev–Trinajstić information content (AvgIpc) is 1.45. The van der Waals surface area contributed by atoms with Crippen molar-refractivity contribution in [3.63, 3.8) is 0 Å². The van der Waals surface area contributed by atoms with Crippen molar-refractivity contribution in [2.24, 2.45) is 33.5 Å². The van der Waals surface area contributed by atoms with Crippen LogP contribution in [0.5, 0.6) is 0 Å².